The van der Waals surface area contributed by atoms with Gasteiger partial charge in [0.2, 0.25) is 0 Å². The number of anilines is 1. The maximum atomic E-state index is 6.11. The molecule has 4 rings (SSSR count). The van der Waals surface area contributed by atoms with E-state index in [9.17, 15) is 0 Å². The number of benzene rings is 2. The third-order valence-electron chi connectivity index (χ3n) is 6.05. The van der Waals surface area contributed by atoms with E-state index in [2.05, 4.69) is 78.4 Å². The van der Waals surface area contributed by atoms with Gasteiger partial charge in [-0.25, -0.2) is 0 Å². The highest BCUT2D eigenvalue weighted by atomic mass is 16.5. The van der Waals surface area contributed by atoms with Crippen molar-refractivity contribution in [2.45, 2.75) is 31.5 Å². The van der Waals surface area contributed by atoms with Gasteiger partial charge in [-0.2, -0.15) is 0 Å². The fourth-order valence-electron chi connectivity index (χ4n) is 4.13. The summed E-state index contributed by atoms with van der Waals surface area (Å²) in [7, 11) is 2.16. The molecule has 3 atom stereocenters. The van der Waals surface area contributed by atoms with Crippen molar-refractivity contribution >= 4 is 5.69 Å². The number of hydrogen-bond donors (Lipinski definition) is 0. The second kappa shape index (κ2) is 8.42. The SMILES string of the molecule is C[C@H](c1ccccc1)N1CCO[C@@H](c2ccc(N(C)[C@@H]3CCOC3)cc2)C1. The molecule has 0 aromatic heterocycles. The van der Waals surface area contributed by atoms with Crippen molar-refractivity contribution in [3.63, 3.8) is 0 Å². The number of likely N-dealkylation sites (N-methyl/N-ethyl adjacent to an activating group) is 1. The summed E-state index contributed by atoms with van der Waals surface area (Å²) in [4.78, 5) is 4.86. The highest BCUT2D eigenvalue weighted by Gasteiger charge is 2.26. The first-order valence-electron chi connectivity index (χ1n) is 10.0. The molecule has 0 amide bonds. The molecule has 2 aromatic carbocycles. The molecule has 144 valence electrons. The number of hydrogen-bond acceptors (Lipinski definition) is 4. The van der Waals surface area contributed by atoms with Gasteiger partial charge in [0, 0.05) is 38.5 Å². The molecule has 0 saturated carbocycles. The molecule has 2 heterocycles. The summed E-state index contributed by atoms with van der Waals surface area (Å²) in [6.07, 6.45) is 1.25. The normalized spacial score (nSPS) is 24.7. The largest absolute Gasteiger partial charge is 0.379 e. The molecule has 2 saturated heterocycles. The van der Waals surface area contributed by atoms with Crippen LogP contribution in [0.5, 0.6) is 0 Å². The Kier molecular flexibility index (Phi) is 5.77. The standard InChI is InChI=1S/C23H30N2O2/c1-18(19-6-4-3-5-7-19)25-13-15-27-23(16-25)20-8-10-21(11-9-20)24(2)22-12-14-26-17-22/h3-11,18,22-23H,12-17H2,1-2H3/t18-,22-,23-/m1/s1. The van der Waals surface area contributed by atoms with E-state index in [1.54, 1.807) is 0 Å². The maximum Gasteiger partial charge on any atom is 0.0952 e. The van der Waals surface area contributed by atoms with E-state index in [-0.39, 0.29) is 6.10 Å². The molecule has 27 heavy (non-hydrogen) atoms. The van der Waals surface area contributed by atoms with E-state index in [0.717, 1.165) is 39.3 Å². The Morgan fingerprint density at radius 1 is 1.04 bits per heavy atom. The van der Waals surface area contributed by atoms with Crippen molar-refractivity contribution < 1.29 is 9.47 Å². The Bertz CT molecular complexity index is 713. The predicted octanol–water partition coefficient (Wildman–Crippen LogP) is 4.05. The van der Waals surface area contributed by atoms with Crippen molar-refractivity contribution in [3.05, 3.63) is 65.7 Å². The summed E-state index contributed by atoms with van der Waals surface area (Å²) in [5, 5.41) is 0. The Morgan fingerprint density at radius 3 is 2.52 bits per heavy atom. The van der Waals surface area contributed by atoms with Crippen LogP contribution in [0.15, 0.2) is 54.6 Å². The van der Waals surface area contributed by atoms with Crippen LogP contribution in [0.2, 0.25) is 0 Å². The lowest BCUT2D eigenvalue weighted by molar-refractivity contribution is -0.0431. The average molecular weight is 367 g/mol. The third kappa shape index (κ3) is 4.18. The molecule has 2 fully saturated rings. The van der Waals surface area contributed by atoms with Gasteiger partial charge in [-0.1, -0.05) is 42.5 Å². The number of morpholine rings is 1. The molecule has 4 nitrogen and oxygen atoms in total. The summed E-state index contributed by atoms with van der Waals surface area (Å²) in [6, 6.07) is 20.5. The topological polar surface area (TPSA) is 24.9 Å². The van der Waals surface area contributed by atoms with Crippen molar-refractivity contribution in [2.24, 2.45) is 0 Å². The van der Waals surface area contributed by atoms with Crippen molar-refractivity contribution in [3.8, 4) is 0 Å². The minimum absolute atomic E-state index is 0.138. The van der Waals surface area contributed by atoms with E-state index >= 15 is 0 Å². The molecule has 2 aromatic rings. The molecular weight excluding hydrogens is 336 g/mol. The van der Waals surface area contributed by atoms with Crippen LogP contribution in [0.1, 0.15) is 36.6 Å². The van der Waals surface area contributed by atoms with Crippen molar-refractivity contribution in [2.75, 3.05) is 44.9 Å². The molecule has 0 radical (unpaired) electrons. The van der Waals surface area contributed by atoms with Crippen LogP contribution in [-0.2, 0) is 9.47 Å². The quantitative estimate of drug-likeness (QED) is 0.797. The molecule has 0 unspecified atom stereocenters. The van der Waals surface area contributed by atoms with Crippen LogP contribution in [0.3, 0.4) is 0 Å². The molecule has 4 heteroatoms. The van der Waals surface area contributed by atoms with Crippen molar-refractivity contribution in [1.29, 1.82) is 0 Å². The molecule has 0 aliphatic carbocycles. The maximum absolute atomic E-state index is 6.11. The molecule has 0 bridgehead atoms. The van der Waals surface area contributed by atoms with Crippen LogP contribution in [0.4, 0.5) is 5.69 Å². The lowest BCUT2D eigenvalue weighted by atomic mass is 10.0. The Morgan fingerprint density at radius 2 is 1.81 bits per heavy atom. The number of rotatable bonds is 5. The van der Waals surface area contributed by atoms with E-state index in [4.69, 9.17) is 9.47 Å². The Labute approximate surface area is 162 Å². The second-order valence-electron chi connectivity index (χ2n) is 7.66. The lowest BCUT2D eigenvalue weighted by Crippen LogP contribution is -2.39. The highest BCUT2D eigenvalue weighted by Crippen LogP contribution is 2.30. The van der Waals surface area contributed by atoms with Gasteiger partial charge in [0.05, 0.1) is 25.4 Å². The first-order chi connectivity index (χ1) is 13.2. The van der Waals surface area contributed by atoms with Gasteiger partial charge in [-0.3, -0.25) is 4.90 Å². The van der Waals surface area contributed by atoms with Crippen molar-refractivity contribution in [1.82, 2.24) is 4.90 Å². The van der Waals surface area contributed by atoms with Crippen LogP contribution in [0, 0.1) is 0 Å². The number of nitrogens with zero attached hydrogens (tertiary/aromatic N) is 2. The first kappa shape index (κ1) is 18.5. The van der Waals surface area contributed by atoms with Crippen LogP contribution in [0.25, 0.3) is 0 Å². The Hall–Kier alpha value is -1.88. The zero-order valence-electron chi connectivity index (χ0n) is 16.4. The molecule has 2 aliphatic rings. The number of ether oxygens (including phenoxy) is 2. The summed E-state index contributed by atoms with van der Waals surface area (Å²) in [6.45, 7) is 6.69. The third-order valence-corrected chi connectivity index (χ3v) is 6.05. The van der Waals surface area contributed by atoms with Gasteiger partial charge in [-0.05, 0) is 36.6 Å². The lowest BCUT2D eigenvalue weighted by Gasteiger charge is -2.37. The smallest absolute Gasteiger partial charge is 0.0952 e. The van der Waals surface area contributed by atoms with Gasteiger partial charge >= 0.3 is 0 Å². The van der Waals surface area contributed by atoms with Gasteiger partial charge < -0.3 is 14.4 Å². The van der Waals surface area contributed by atoms with Crippen LogP contribution < -0.4 is 4.90 Å². The fourth-order valence-corrected chi connectivity index (χ4v) is 4.13. The first-order valence-corrected chi connectivity index (χ1v) is 10.0. The monoisotopic (exact) mass is 366 g/mol. The van der Waals surface area contributed by atoms with Crippen LogP contribution >= 0.6 is 0 Å². The zero-order valence-corrected chi connectivity index (χ0v) is 16.4. The minimum atomic E-state index is 0.138. The second-order valence-corrected chi connectivity index (χ2v) is 7.66. The van der Waals surface area contributed by atoms with E-state index in [0.29, 0.717) is 12.1 Å². The summed E-state index contributed by atoms with van der Waals surface area (Å²) in [5.41, 5.74) is 3.88. The van der Waals surface area contributed by atoms with Gasteiger partial charge in [0.25, 0.3) is 0 Å². The minimum Gasteiger partial charge on any atom is -0.379 e. The van der Waals surface area contributed by atoms with E-state index < -0.39 is 0 Å². The molecule has 0 spiro atoms. The van der Waals surface area contributed by atoms with Crippen LogP contribution in [-0.4, -0.2) is 50.9 Å². The fraction of sp³-hybridized carbons (Fsp3) is 0.478. The highest BCUT2D eigenvalue weighted by molar-refractivity contribution is 5.48. The molecule has 0 N–H and O–H groups in total. The van der Waals surface area contributed by atoms with Gasteiger partial charge in [0.1, 0.15) is 0 Å². The Balaban J connectivity index is 1.42. The summed E-state index contributed by atoms with van der Waals surface area (Å²) < 4.78 is 11.6. The van der Waals surface area contributed by atoms with E-state index in [1.807, 2.05) is 0 Å². The zero-order chi connectivity index (χ0) is 18.6. The molecule has 2 aliphatic heterocycles. The van der Waals surface area contributed by atoms with Gasteiger partial charge in [0.15, 0.2) is 0 Å². The van der Waals surface area contributed by atoms with Gasteiger partial charge in [-0.15, -0.1) is 0 Å². The predicted molar refractivity (Wildman–Crippen MR) is 109 cm³/mol. The van der Waals surface area contributed by atoms with E-state index in [1.165, 1.54) is 16.8 Å². The summed E-state index contributed by atoms with van der Waals surface area (Å²) in [5.74, 6) is 0. The average Bonchev–Trinajstić information content (AvgIpc) is 3.28. The molecular formula is C23H30N2O2. The summed E-state index contributed by atoms with van der Waals surface area (Å²) >= 11 is 0.